The molecule has 1 aliphatic carbocycles. The second-order valence-corrected chi connectivity index (χ2v) is 4.62. The average molecular weight is 215 g/mol. The molecule has 0 radical (unpaired) electrons. The lowest BCUT2D eigenvalue weighted by molar-refractivity contribution is 0.275. The summed E-state index contributed by atoms with van der Waals surface area (Å²) in [7, 11) is 0. The van der Waals surface area contributed by atoms with E-state index in [4.69, 9.17) is 11.6 Å². The molecule has 1 aliphatic rings. The Bertz CT molecular complexity index is 293. The number of aromatic nitrogens is 4. The number of halogens is 1. The molecule has 0 aliphatic heterocycles. The molecule has 14 heavy (non-hydrogen) atoms. The summed E-state index contributed by atoms with van der Waals surface area (Å²) >= 11 is 5.95. The smallest absolute Gasteiger partial charge is 0.168 e. The lowest BCUT2D eigenvalue weighted by Gasteiger charge is -2.25. The van der Waals surface area contributed by atoms with Gasteiger partial charge in [-0.15, -0.1) is 16.7 Å². The standard InChI is InChI=1S/C9H15ClN4/c1-7(10)9-11-12-13-14(9)6-5-8-3-2-4-8/h7-8H,2-6H2,1H3. The molecule has 1 aromatic heterocycles. The molecular weight excluding hydrogens is 200 g/mol. The molecule has 1 atom stereocenters. The molecular formula is C9H15ClN4. The highest BCUT2D eigenvalue weighted by molar-refractivity contribution is 6.20. The lowest BCUT2D eigenvalue weighted by atomic mass is 9.83. The SMILES string of the molecule is CC(Cl)c1nnnn1CCC1CCC1. The van der Waals surface area contributed by atoms with Crippen LogP contribution in [-0.2, 0) is 6.54 Å². The van der Waals surface area contributed by atoms with Gasteiger partial charge in [0.1, 0.15) is 0 Å². The molecule has 1 heterocycles. The first-order chi connectivity index (χ1) is 6.77. The van der Waals surface area contributed by atoms with E-state index in [0.29, 0.717) is 0 Å². The summed E-state index contributed by atoms with van der Waals surface area (Å²) in [4.78, 5) is 0. The molecule has 1 fully saturated rings. The van der Waals surface area contributed by atoms with E-state index in [2.05, 4.69) is 15.5 Å². The Balaban J connectivity index is 1.90. The molecule has 2 rings (SSSR count). The van der Waals surface area contributed by atoms with E-state index in [-0.39, 0.29) is 5.38 Å². The highest BCUT2D eigenvalue weighted by atomic mass is 35.5. The summed E-state index contributed by atoms with van der Waals surface area (Å²) in [5.41, 5.74) is 0. The Kier molecular flexibility index (Phi) is 3.01. The third-order valence-electron chi connectivity index (χ3n) is 2.89. The van der Waals surface area contributed by atoms with Gasteiger partial charge in [-0.3, -0.25) is 0 Å². The minimum absolute atomic E-state index is 0.105. The molecule has 0 saturated heterocycles. The summed E-state index contributed by atoms with van der Waals surface area (Å²) in [6.45, 7) is 2.80. The third kappa shape index (κ3) is 2.05. The number of hydrogen-bond donors (Lipinski definition) is 0. The van der Waals surface area contributed by atoms with Crippen LogP contribution in [0.4, 0.5) is 0 Å². The third-order valence-corrected chi connectivity index (χ3v) is 3.08. The van der Waals surface area contributed by atoms with Crippen LogP contribution in [0.1, 0.15) is 43.8 Å². The van der Waals surface area contributed by atoms with Crippen molar-refractivity contribution in [2.24, 2.45) is 5.92 Å². The van der Waals surface area contributed by atoms with E-state index in [1.807, 2.05) is 11.6 Å². The second kappa shape index (κ2) is 4.26. The van der Waals surface area contributed by atoms with Crippen molar-refractivity contribution in [3.63, 3.8) is 0 Å². The van der Waals surface area contributed by atoms with Crippen LogP contribution in [0, 0.1) is 5.92 Å². The van der Waals surface area contributed by atoms with Crippen molar-refractivity contribution in [2.45, 2.75) is 44.5 Å². The van der Waals surface area contributed by atoms with Crippen LogP contribution in [0.3, 0.4) is 0 Å². The highest BCUT2D eigenvalue weighted by Gasteiger charge is 2.18. The van der Waals surface area contributed by atoms with Crippen LogP contribution in [0.15, 0.2) is 0 Å². The molecule has 1 aromatic rings. The number of nitrogens with zero attached hydrogens (tertiary/aromatic N) is 4. The van der Waals surface area contributed by atoms with Gasteiger partial charge in [-0.1, -0.05) is 19.3 Å². The highest BCUT2D eigenvalue weighted by Crippen LogP contribution is 2.30. The molecule has 0 bridgehead atoms. The van der Waals surface area contributed by atoms with Gasteiger partial charge < -0.3 is 0 Å². The van der Waals surface area contributed by atoms with Gasteiger partial charge in [0.05, 0.1) is 5.38 Å². The first-order valence-corrected chi connectivity index (χ1v) is 5.61. The van der Waals surface area contributed by atoms with Gasteiger partial charge in [-0.2, -0.15) is 0 Å². The zero-order valence-corrected chi connectivity index (χ0v) is 9.11. The zero-order chi connectivity index (χ0) is 9.97. The summed E-state index contributed by atoms with van der Waals surface area (Å²) in [5, 5.41) is 11.4. The lowest BCUT2D eigenvalue weighted by Crippen LogP contribution is -2.15. The number of alkyl halides is 1. The second-order valence-electron chi connectivity index (χ2n) is 3.96. The first-order valence-electron chi connectivity index (χ1n) is 5.17. The van der Waals surface area contributed by atoms with Crippen LogP contribution in [-0.4, -0.2) is 20.2 Å². The van der Waals surface area contributed by atoms with Gasteiger partial charge in [0.25, 0.3) is 0 Å². The number of hydrogen-bond acceptors (Lipinski definition) is 3. The van der Waals surface area contributed by atoms with E-state index in [1.54, 1.807) is 0 Å². The molecule has 1 unspecified atom stereocenters. The van der Waals surface area contributed by atoms with Gasteiger partial charge in [-0.05, 0) is 29.7 Å². The van der Waals surface area contributed by atoms with E-state index in [9.17, 15) is 0 Å². The van der Waals surface area contributed by atoms with Crippen LogP contribution >= 0.6 is 11.6 Å². The quantitative estimate of drug-likeness (QED) is 0.722. The zero-order valence-electron chi connectivity index (χ0n) is 8.36. The summed E-state index contributed by atoms with van der Waals surface area (Å²) in [6.07, 6.45) is 5.31. The number of aryl methyl sites for hydroxylation is 1. The maximum Gasteiger partial charge on any atom is 0.168 e. The van der Waals surface area contributed by atoms with Crippen LogP contribution in [0.25, 0.3) is 0 Å². The summed E-state index contributed by atoms with van der Waals surface area (Å²) in [6, 6.07) is 0. The van der Waals surface area contributed by atoms with Crippen LogP contribution in [0.2, 0.25) is 0 Å². The molecule has 0 spiro atoms. The van der Waals surface area contributed by atoms with E-state index >= 15 is 0 Å². The van der Waals surface area contributed by atoms with Gasteiger partial charge in [0, 0.05) is 6.54 Å². The number of tetrazole rings is 1. The molecule has 1 saturated carbocycles. The number of rotatable bonds is 4. The fourth-order valence-electron chi connectivity index (χ4n) is 1.74. The summed E-state index contributed by atoms with van der Waals surface area (Å²) in [5.74, 6) is 1.67. The van der Waals surface area contributed by atoms with Crippen molar-refractivity contribution in [1.82, 2.24) is 20.2 Å². The first kappa shape index (κ1) is 9.90. The van der Waals surface area contributed by atoms with Gasteiger partial charge in [0.2, 0.25) is 0 Å². The van der Waals surface area contributed by atoms with Crippen molar-refractivity contribution < 1.29 is 0 Å². The van der Waals surface area contributed by atoms with Gasteiger partial charge in [-0.25, -0.2) is 4.68 Å². The Hall–Kier alpha value is -0.640. The van der Waals surface area contributed by atoms with Crippen molar-refractivity contribution in [1.29, 1.82) is 0 Å². The van der Waals surface area contributed by atoms with Crippen molar-refractivity contribution in [3.8, 4) is 0 Å². The fraction of sp³-hybridized carbons (Fsp3) is 0.889. The molecule has 5 heteroatoms. The largest absolute Gasteiger partial charge is 0.228 e. The Morgan fingerprint density at radius 3 is 2.93 bits per heavy atom. The van der Waals surface area contributed by atoms with Crippen LogP contribution in [0.5, 0.6) is 0 Å². The van der Waals surface area contributed by atoms with Crippen LogP contribution < -0.4 is 0 Å². The average Bonchev–Trinajstić information content (AvgIpc) is 2.49. The van der Waals surface area contributed by atoms with Gasteiger partial charge in [0.15, 0.2) is 5.82 Å². The minimum Gasteiger partial charge on any atom is -0.228 e. The van der Waals surface area contributed by atoms with E-state index < -0.39 is 0 Å². The Labute approximate surface area is 88.6 Å². The predicted octanol–water partition coefficient (Wildman–Crippen LogP) is 2.16. The molecule has 4 nitrogen and oxygen atoms in total. The van der Waals surface area contributed by atoms with Crippen molar-refractivity contribution in [3.05, 3.63) is 5.82 Å². The van der Waals surface area contributed by atoms with E-state index in [0.717, 1.165) is 18.3 Å². The molecule has 0 amide bonds. The Morgan fingerprint density at radius 2 is 2.36 bits per heavy atom. The monoisotopic (exact) mass is 214 g/mol. The molecule has 0 aromatic carbocycles. The van der Waals surface area contributed by atoms with E-state index in [1.165, 1.54) is 25.7 Å². The fourth-order valence-corrected chi connectivity index (χ4v) is 1.90. The van der Waals surface area contributed by atoms with Gasteiger partial charge >= 0.3 is 0 Å². The normalized spacial score (nSPS) is 19.3. The molecule has 0 N–H and O–H groups in total. The maximum absolute atomic E-state index is 5.95. The van der Waals surface area contributed by atoms with Crippen molar-refractivity contribution >= 4 is 11.6 Å². The maximum atomic E-state index is 5.95. The Morgan fingerprint density at radius 1 is 1.57 bits per heavy atom. The summed E-state index contributed by atoms with van der Waals surface area (Å²) < 4.78 is 1.83. The molecule has 78 valence electrons. The minimum atomic E-state index is -0.105. The topological polar surface area (TPSA) is 43.6 Å². The predicted molar refractivity (Wildman–Crippen MR) is 54.0 cm³/mol. The van der Waals surface area contributed by atoms with Crippen molar-refractivity contribution in [2.75, 3.05) is 0 Å².